The number of hydrogen-bond acceptors (Lipinski definition) is 3. The average Bonchev–Trinajstić information content (AvgIpc) is 2.43. The maximum absolute atomic E-state index is 5.36. The molecule has 13 heavy (non-hydrogen) atoms. The van der Waals surface area contributed by atoms with Crippen LogP contribution in [0.4, 0.5) is 0 Å². The van der Waals surface area contributed by atoms with Crippen LogP contribution in [0, 0.1) is 0 Å². The molecule has 1 heterocycles. The molecule has 0 fully saturated rings. The highest BCUT2D eigenvalue weighted by Crippen LogP contribution is 2.22. The van der Waals surface area contributed by atoms with Crippen LogP contribution in [-0.2, 0) is 9.47 Å². The van der Waals surface area contributed by atoms with Crippen LogP contribution < -0.4 is 0 Å². The molecule has 72 valence electrons. The van der Waals surface area contributed by atoms with E-state index >= 15 is 0 Å². The lowest BCUT2D eigenvalue weighted by Gasteiger charge is -2.07. The summed E-state index contributed by atoms with van der Waals surface area (Å²) in [6.45, 7) is 12.1. The number of ether oxygens (including phenoxy) is 2. The molecule has 3 nitrogen and oxygen atoms in total. The van der Waals surface area contributed by atoms with Gasteiger partial charge in [-0.1, -0.05) is 13.2 Å². The van der Waals surface area contributed by atoms with Gasteiger partial charge in [0.05, 0.1) is 18.2 Å². The van der Waals surface area contributed by atoms with E-state index in [0.29, 0.717) is 23.8 Å². The van der Waals surface area contributed by atoms with Crippen molar-refractivity contribution in [3.05, 3.63) is 24.5 Å². The lowest BCUT2D eigenvalue weighted by atomic mass is 10.1. The molecule has 1 aliphatic rings. The second kappa shape index (κ2) is 3.24. The van der Waals surface area contributed by atoms with Crippen LogP contribution in [0.1, 0.15) is 13.8 Å². The molecule has 0 aromatic heterocycles. The fourth-order valence-electron chi connectivity index (χ4n) is 0.981. The van der Waals surface area contributed by atoms with Crippen molar-refractivity contribution >= 4 is 5.90 Å². The fraction of sp³-hybridized carbons (Fsp3) is 0.500. The quantitative estimate of drug-likeness (QED) is 0.492. The maximum atomic E-state index is 5.36. The van der Waals surface area contributed by atoms with Gasteiger partial charge in [0, 0.05) is 0 Å². The maximum Gasteiger partial charge on any atom is 0.219 e. The molecule has 1 rings (SSSR count). The molecule has 0 spiro atoms. The van der Waals surface area contributed by atoms with Gasteiger partial charge in [0.15, 0.2) is 0 Å². The van der Waals surface area contributed by atoms with Crippen molar-refractivity contribution < 1.29 is 9.47 Å². The molecule has 0 aromatic rings. The Bertz CT molecular complexity index is 277. The van der Waals surface area contributed by atoms with Crippen LogP contribution in [0.25, 0.3) is 0 Å². The summed E-state index contributed by atoms with van der Waals surface area (Å²) in [7, 11) is 1.55. The van der Waals surface area contributed by atoms with Crippen molar-refractivity contribution in [2.75, 3.05) is 13.7 Å². The van der Waals surface area contributed by atoms with E-state index in [2.05, 4.69) is 18.2 Å². The highest BCUT2D eigenvalue weighted by Gasteiger charge is 2.28. The molecule has 0 unspecified atom stereocenters. The van der Waals surface area contributed by atoms with Gasteiger partial charge in [-0.15, -0.1) is 0 Å². The van der Waals surface area contributed by atoms with Gasteiger partial charge in [0.25, 0.3) is 0 Å². The first-order valence-electron chi connectivity index (χ1n) is 4.11. The lowest BCUT2D eigenvalue weighted by Crippen LogP contribution is -2.17. The molecule has 0 N–H and O–H groups in total. The summed E-state index contributed by atoms with van der Waals surface area (Å²) >= 11 is 0. The second-order valence-electron chi connectivity index (χ2n) is 3.62. The Morgan fingerprint density at radius 1 is 1.54 bits per heavy atom. The summed E-state index contributed by atoms with van der Waals surface area (Å²) < 4.78 is 10.3. The van der Waals surface area contributed by atoms with E-state index in [1.807, 2.05) is 13.8 Å². The molecular formula is C10H15NO2. The van der Waals surface area contributed by atoms with Crippen LogP contribution in [-0.4, -0.2) is 25.2 Å². The Balaban J connectivity index is 2.76. The first kappa shape index (κ1) is 9.84. The number of hydrogen-bond donors (Lipinski definition) is 0. The van der Waals surface area contributed by atoms with Gasteiger partial charge in [-0.3, -0.25) is 0 Å². The highest BCUT2D eigenvalue weighted by atomic mass is 16.5. The van der Waals surface area contributed by atoms with Crippen molar-refractivity contribution in [2.24, 2.45) is 4.99 Å². The lowest BCUT2D eigenvalue weighted by molar-refractivity contribution is 0.272. The third-order valence-electron chi connectivity index (χ3n) is 1.81. The molecule has 0 bridgehead atoms. The minimum atomic E-state index is -0.160. The highest BCUT2D eigenvalue weighted by molar-refractivity contribution is 5.97. The summed E-state index contributed by atoms with van der Waals surface area (Å²) in [4.78, 5) is 4.34. The zero-order valence-electron chi connectivity index (χ0n) is 8.39. The molecule has 3 heteroatoms. The van der Waals surface area contributed by atoms with Gasteiger partial charge < -0.3 is 9.47 Å². The van der Waals surface area contributed by atoms with Crippen molar-refractivity contribution in [3.8, 4) is 0 Å². The Labute approximate surface area is 78.8 Å². The first-order chi connectivity index (χ1) is 5.96. The molecular weight excluding hydrogens is 166 g/mol. The summed E-state index contributed by atoms with van der Waals surface area (Å²) in [5.74, 6) is 1.04. The van der Waals surface area contributed by atoms with E-state index < -0.39 is 0 Å². The third kappa shape index (κ3) is 2.11. The predicted octanol–water partition coefficient (Wildman–Crippen LogP) is 1.91. The standard InChI is InChI=1S/C10H15NO2/c1-7(8(2)12-5)9-11-10(3,4)6-13-9/h1-2,6H2,3-5H3. The van der Waals surface area contributed by atoms with Crippen LogP contribution >= 0.6 is 0 Å². The normalized spacial score (nSPS) is 18.8. The number of methoxy groups -OCH3 is 1. The van der Waals surface area contributed by atoms with Crippen molar-refractivity contribution in [2.45, 2.75) is 19.4 Å². The predicted molar refractivity (Wildman–Crippen MR) is 52.8 cm³/mol. The minimum Gasteiger partial charge on any atom is -0.497 e. The topological polar surface area (TPSA) is 30.8 Å². The molecule has 0 aromatic carbocycles. The van der Waals surface area contributed by atoms with Crippen LogP contribution in [0.2, 0.25) is 0 Å². The zero-order valence-corrected chi connectivity index (χ0v) is 8.39. The third-order valence-corrected chi connectivity index (χ3v) is 1.81. The number of aliphatic imine (C=N–C) groups is 1. The van der Waals surface area contributed by atoms with E-state index in [0.717, 1.165) is 0 Å². The van der Waals surface area contributed by atoms with Crippen molar-refractivity contribution in [1.82, 2.24) is 0 Å². The van der Waals surface area contributed by atoms with E-state index in [-0.39, 0.29) is 5.54 Å². The van der Waals surface area contributed by atoms with E-state index in [4.69, 9.17) is 9.47 Å². The minimum absolute atomic E-state index is 0.160. The van der Waals surface area contributed by atoms with E-state index in [9.17, 15) is 0 Å². The number of rotatable bonds is 3. The van der Waals surface area contributed by atoms with Gasteiger partial charge in [-0.2, -0.15) is 0 Å². The summed E-state index contributed by atoms with van der Waals surface area (Å²) in [5, 5.41) is 0. The molecule has 1 aliphatic heterocycles. The van der Waals surface area contributed by atoms with Gasteiger partial charge in [-0.25, -0.2) is 4.99 Å². The fourth-order valence-corrected chi connectivity index (χ4v) is 0.981. The summed E-state index contributed by atoms with van der Waals surface area (Å²) in [5.41, 5.74) is 0.458. The Hall–Kier alpha value is -1.25. The SMILES string of the molecule is C=C(OC)C(=C)C1=NC(C)(C)CO1. The average molecular weight is 181 g/mol. The summed E-state index contributed by atoms with van der Waals surface area (Å²) in [6.07, 6.45) is 0. The van der Waals surface area contributed by atoms with Gasteiger partial charge in [0.1, 0.15) is 12.4 Å². The monoisotopic (exact) mass is 181 g/mol. The molecule has 0 radical (unpaired) electrons. The van der Waals surface area contributed by atoms with Crippen molar-refractivity contribution in [1.29, 1.82) is 0 Å². The molecule has 0 saturated carbocycles. The molecule has 0 atom stereocenters. The Morgan fingerprint density at radius 3 is 2.54 bits per heavy atom. The van der Waals surface area contributed by atoms with E-state index in [1.54, 1.807) is 7.11 Å². The second-order valence-corrected chi connectivity index (χ2v) is 3.62. The summed E-state index contributed by atoms with van der Waals surface area (Å²) in [6, 6.07) is 0. The Morgan fingerprint density at radius 2 is 2.15 bits per heavy atom. The van der Waals surface area contributed by atoms with Crippen LogP contribution in [0.5, 0.6) is 0 Å². The zero-order chi connectivity index (χ0) is 10.1. The molecule has 0 saturated heterocycles. The first-order valence-corrected chi connectivity index (χ1v) is 4.11. The van der Waals surface area contributed by atoms with Crippen LogP contribution in [0.15, 0.2) is 29.5 Å². The van der Waals surface area contributed by atoms with Crippen molar-refractivity contribution in [3.63, 3.8) is 0 Å². The van der Waals surface area contributed by atoms with Gasteiger partial charge in [-0.05, 0) is 13.8 Å². The smallest absolute Gasteiger partial charge is 0.219 e. The van der Waals surface area contributed by atoms with E-state index in [1.165, 1.54) is 0 Å². The van der Waals surface area contributed by atoms with Crippen LogP contribution in [0.3, 0.4) is 0 Å². The largest absolute Gasteiger partial charge is 0.497 e. The van der Waals surface area contributed by atoms with Gasteiger partial charge >= 0.3 is 0 Å². The number of nitrogens with zero attached hydrogens (tertiary/aromatic N) is 1. The molecule has 0 aliphatic carbocycles. The Kier molecular flexibility index (Phi) is 2.45. The van der Waals surface area contributed by atoms with Gasteiger partial charge in [0.2, 0.25) is 5.90 Å². The molecule has 0 amide bonds.